The van der Waals surface area contributed by atoms with E-state index in [9.17, 15) is 18.0 Å². The summed E-state index contributed by atoms with van der Waals surface area (Å²) in [7, 11) is 0. The summed E-state index contributed by atoms with van der Waals surface area (Å²) in [6, 6.07) is 5.30. The van der Waals surface area contributed by atoms with Crippen molar-refractivity contribution in [2.24, 2.45) is 5.92 Å². The average Bonchev–Trinajstić information content (AvgIpc) is 2.96. The maximum Gasteiger partial charge on any atom is 0.393 e. The first-order chi connectivity index (χ1) is 11.4. The first-order valence-corrected chi connectivity index (χ1v) is 7.70. The summed E-state index contributed by atoms with van der Waals surface area (Å²) in [5.74, 6) is -1.31. The smallest absolute Gasteiger partial charge is 0.338 e. The molecule has 1 fully saturated rings. The van der Waals surface area contributed by atoms with Crippen LogP contribution in [0.5, 0.6) is 0 Å². The number of halogens is 3. The number of alkyl halides is 3. The van der Waals surface area contributed by atoms with Crippen LogP contribution in [0.2, 0.25) is 0 Å². The van der Waals surface area contributed by atoms with Crippen LogP contribution in [0.25, 0.3) is 5.82 Å². The van der Waals surface area contributed by atoms with Crippen LogP contribution in [0, 0.1) is 12.8 Å². The fourth-order valence-electron chi connectivity index (χ4n) is 2.93. The molecule has 0 unspecified atom stereocenters. The van der Waals surface area contributed by atoms with Crippen molar-refractivity contribution in [3.05, 3.63) is 41.9 Å². The lowest BCUT2D eigenvalue weighted by atomic mass is 9.97. The van der Waals surface area contributed by atoms with E-state index in [-0.39, 0.29) is 13.0 Å². The molecule has 3 heterocycles. The second-order valence-electron chi connectivity index (χ2n) is 5.88. The largest absolute Gasteiger partial charge is 0.393 e. The van der Waals surface area contributed by atoms with E-state index in [1.807, 2.05) is 0 Å². The molecule has 0 aromatic carbocycles. The van der Waals surface area contributed by atoms with Crippen molar-refractivity contribution in [2.45, 2.75) is 25.9 Å². The van der Waals surface area contributed by atoms with Crippen LogP contribution >= 0.6 is 0 Å². The van der Waals surface area contributed by atoms with Gasteiger partial charge in [-0.15, -0.1) is 0 Å². The molecule has 128 valence electrons. The van der Waals surface area contributed by atoms with E-state index in [4.69, 9.17) is 0 Å². The van der Waals surface area contributed by atoms with Gasteiger partial charge in [-0.25, -0.2) is 9.67 Å². The number of piperidine rings is 1. The molecule has 0 aliphatic carbocycles. The summed E-state index contributed by atoms with van der Waals surface area (Å²) in [5, 5.41) is 4.15. The molecule has 24 heavy (non-hydrogen) atoms. The quantitative estimate of drug-likeness (QED) is 0.846. The molecule has 8 heteroatoms. The lowest BCUT2D eigenvalue weighted by Gasteiger charge is -2.33. The number of aromatic nitrogens is 3. The van der Waals surface area contributed by atoms with E-state index in [2.05, 4.69) is 10.1 Å². The molecule has 0 N–H and O–H groups in total. The zero-order valence-electron chi connectivity index (χ0n) is 13.1. The van der Waals surface area contributed by atoms with Gasteiger partial charge >= 0.3 is 6.18 Å². The zero-order chi connectivity index (χ0) is 17.3. The molecule has 1 saturated heterocycles. The van der Waals surface area contributed by atoms with Crippen molar-refractivity contribution >= 4 is 5.91 Å². The molecule has 1 amide bonds. The Morgan fingerprint density at radius 1 is 1.33 bits per heavy atom. The molecular formula is C16H17F3N4O. The molecule has 0 bridgehead atoms. The van der Waals surface area contributed by atoms with Crippen molar-refractivity contribution in [3.8, 4) is 5.82 Å². The first kappa shape index (κ1) is 16.5. The predicted octanol–water partition coefficient (Wildman–Crippen LogP) is 2.99. The van der Waals surface area contributed by atoms with Crippen LogP contribution in [0.4, 0.5) is 13.2 Å². The minimum absolute atomic E-state index is 0.0689. The third-order valence-corrected chi connectivity index (χ3v) is 4.28. The Kier molecular flexibility index (Phi) is 4.29. The zero-order valence-corrected chi connectivity index (χ0v) is 13.1. The van der Waals surface area contributed by atoms with Crippen molar-refractivity contribution in [1.82, 2.24) is 19.7 Å². The SMILES string of the molecule is Cc1c(C(=O)N2CCC[C@@H](C(F)(F)F)C2)cnn1-c1ccccn1. The lowest BCUT2D eigenvalue weighted by molar-refractivity contribution is -0.184. The van der Waals surface area contributed by atoms with Gasteiger partial charge in [-0.05, 0) is 31.9 Å². The highest BCUT2D eigenvalue weighted by Gasteiger charge is 2.43. The van der Waals surface area contributed by atoms with E-state index in [0.29, 0.717) is 30.0 Å². The van der Waals surface area contributed by atoms with Gasteiger partial charge in [-0.3, -0.25) is 4.79 Å². The van der Waals surface area contributed by atoms with Crippen molar-refractivity contribution in [2.75, 3.05) is 13.1 Å². The maximum atomic E-state index is 12.9. The molecule has 2 aromatic heterocycles. The third-order valence-electron chi connectivity index (χ3n) is 4.28. The average molecular weight is 338 g/mol. The van der Waals surface area contributed by atoms with Gasteiger partial charge in [0.2, 0.25) is 0 Å². The molecule has 0 radical (unpaired) electrons. The number of carbonyl (C=O) groups is 1. The highest BCUT2D eigenvalue weighted by molar-refractivity contribution is 5.95. The lowest BCUT2D eigenvalue weighted by Crippen LogP contribution is -2.44. The summed E-state index contributed by atoms with van der Waals surface area (Å²) < 4.78 is 40.3. The standard InChI is InChI=1S/C16H17F3N4O/c1-11-13(9-21-23(11)14-6-2-3-7-20-14)15(24)22-8-4-5-12(10-22)16(17,18)19/h2-3,6-7,9,12H,4-5,8,10H2,1H3/t12-/m1/s1. The Balaban J connectivity index is 1.82. The molecule has 0 spiro atoms. The molecule has 3 rings (SSSR count). The van der Waals surface area contributed by atoms with Crippen molar-refractivity contribution in [1.29, 1.82) is 0 Å². The molecule has 1 aliphatic rings. The van der Waals surface area contributed by atoms with Gasteiger partial charge in [0, 0.05) is 19.3 Å². The monoisotopic (exact) mass is 338 g/mol. The van der Waals surface area contributed by atoms with Gasteiger partial charge in [0.25, 0.3) is 5.91 Å². The van der Waals surface area contributed by atoms with E-state index in [1.165, 1.54) is 15.8 Å². The van der Waals surface area contributed by atoms with Gasteiger partial charge in [0.1, 0.15) is 0 Å². The van der Waals surface area contributed by atoms with E-state index in [0.717, 1.165) is 0 Å². The van der Waals surface area contributed by atoms with Crippen LogP contribution < -0.4 is 0 Å². The molecule has 5 nitrogen and oxygen atoms in total. The maximum absolute atomic E-state index is 12.9. The van der Waals surface area contributed by atoms with Gasteiger partial charge in [-0.2, -0.15) is 18.3 Å². The number of amides is 1. The minimum atomic E-state index is -4.27. The normalized spacial score (nSPS) is 18.7. The molecular weight excluding hydrogens is 321 g/mol. The van der Waals surface area contributed by atoms with Crippen LogP contribution in [-0.4, -0.2) is 44.8 Å². The van der Waals surface area contributed by atoms with Crippen LogP contribution in [0.15, 0.2) is 30.6 Å². The Labute approximate surface area is 137 Å². The predicted molar refractivity (Wildman–Crippen MR) is 80.8 cm³/mol. The van der Waals surface area contributed by atoms with E-state index in [1.54, 1.807) is 31.3 Å². The fraction of sp³-hybridized carbons (Fsp3) is 0.438. The van der Waals surface area contributed by atoms with Crippen molar-refractivity contribution in [3.63, 3.8) is 0 Å². The number of nitrogens with zero attached hydrogens (tertiary/aromatic N) is 4. The summed E-state index contributed by atoms with van der Waals surface area (Å²) in [6.45, 7) is 1.75. The first-order valence-electron chi connectivity index (χ1n) is 7.70. The molecule has 1 atom stereocenters. The Morgan fingerprint density at radius 3 is 2.79 bits per heavy atom. The summed E-state index contributed by atoms with van der Waals surface area (Å²) in [5.41, 5.74) is 0.872. The van der Waals surface area contributed by atoms with Crippen LogP contribution in [0.1, 0.15) is 28.9 Å². The Hall–Kier alpha value is -2.38. The Morgan fingerprint density at radius 2 is 2.12 bits per heavy atom. The third kappa shape index (κ3) is 3.13. The fourth-order valence-corrected chi connectivity index (χ4v) is 2.93. The minimum Gasteiger partial charge on any atom is -0.338 e. The van der Waals surface area contributed by atoms with Crippen molar-refractivity contribution < 1.29 is 18.0 Å². The topological polar surface area (TPSA) is 51.0 Å². The molecule has 2 aromatic rings. The van der Waals surface area contributed by atoms with Crippen LogP contribution in [0.3, 0.4) is 0 Å². The van der Waals surface area contributed by atoms with Gasteiger partial charge in [0.15, 0.2) is 5.82 Å². The second-order valence-corrected chi connectivity index (χ2v) is 5.88. The highest BCUT2D eigenvalue weighted by Crippen LogP contribution is 2.33. The van der Waals surface area contributed by atoms with E-state index >= 15 is 0 Å². The second kappa shape index (κ2) is 6.26. The summed E-state index contributed by atoms with van der Waals surface area (Å²) >= 11 is 0. The van der Waals surface area contributed by atoms with Gasteiger partial charge < -0.3 is 4.90 Å². The van der Waals surface area contributed by atoms with Crippen LogP contribution in [-0.2, 0) is 0 Å². The molecule has 1 aliphatic heterocycles. The number of likely N-dealkylation sites (tertiary alicyclic amines) is 1. The number of hydrogen-bond acceptors (Lipinski definition) is 3. The number of pyridine rings is 1. The molecule has 0 saturated carbocycles. The summed E-state index contributed by atoms with van der Waals surface area (Å²) in [6.07, 6.45) is -0.852. The summed E-state index contributed by atoms with van der Waals surface area (Å²) in [4.78, 5) is 18.1. The van der Waals surface area contributed by atoms with Gasteiger partial charge in [-0.1, -0.05) is 6.07 Å². The van der Waals surface area contributed by atoms with Gasteiger partial charge in [0.05, 0.1) is 23.4 Å². The highest BCUT2D eigenvalue weighted by atomic mass is 19.4. The number of carbonyl (C=O) groups excluding carboxylic acids is 1. The number of hydrogen-bond donors (Lipinski definition) is 0. The number of rotatable bonds is 2. The Bertz CT molecular complexity index is 727. The van der Waals surface area contributed by atoms with E-state index < -0.39 is 18.0 Å².